The summed E-state index contributed by atoms with van der Waals surface area (Å²) >= 11 is 0. The monoisotopic (exact) mass is 253 g/mol. The van der Waals surface area contributed by atoms with Gasteiger partial charge in [-0.1, -0.05) is 20.8 Å². The van der Waals surface area contributed by atoms with Crippen molar-refractivity contribution >= 4 is 11.6 Å². The van der Waals surface area contributed by atoms with E-state index in [4.69, 9.17) is 10.9 Å². The Balaban J connectivity index is 2.91. The van der Waals surface area contributed by atoms with Gasteiger partial charge in [-0.2, -0.15) is 0 Å². The molecule has 1 heterocycles. The summed E-state index contributed by atoms with van der Waals surface area (Å²) in [4.78, 5) is 8.73. The normalized spacial score (nSPS) is 14.4. The number of rotatable bonds is 6. The number of hydrazine groups is 1. The lowest BCUT2D eigenvalue weighted by Gasteiger charge is -2.20. The van der Waals surface area contributed by atoms with E-state index in [1.807, 2.05) is 27.7 Å². The minimum atomic E-state index is 0.121. The predicted molar refractivity (Wildman–Crippen MR) is 73.3 cm³/mol. The van der Waals surface area contributed by atoms with Crippen LogP contribution in [0.1, 0.15) is 39.4 Å². The van der Waals surface area contributed by atoms with E-state index in [9.17, 15) is 0 Å². The van der Waals surface area contributed by atoms with Gasteiger partial charge >= 0.3 is 0 Å². The summed E-state index contributed by atoms with van der Waals surface area (Å²) in [5.41, 5.74) is 2.54. The van der Waals surface area contributed by atoms with Crippen LogP contribution in [0.25, 0.3) is 0 Å². The molecule has 102 valence electrons. The Kier molecular flexibility index (Phi) is 5.30. The summed E-state index contributed by atoms with van der Waals surface area (Å²) in [7, 11) is 0. The molecule has 1 aromatic heterocycles. The predicted octanol–water partition coefficient (Wildman–Crippen LogP) is 1.31. The van der Waals surface area contributed by atoms with Crippen molar-refractivity contribution in [3.8, 4) is 0 Å². The SMILES string of the molecule is CC(C)c1nc(NN)cc(NC(C)C(C)CO)n1. The molecule has 0 amide bonds. The fourth-order valence-corrected chi connectivity index (χ4v) is 1.41. The summed E-state index contributed by atoms with van der Waals surface area (Å²) in [6, 6.07) is 1.88. The summed E-state index contributed by atoms with van der Waals surface area (Å²) in [5.74, 6) is 7.81. The lowest BCUT2D eigenvalue weighted by Crippen LogP contribution is -2.27. The second kappa shape index (κ2) is 6.51. The first-order valence-corrected chi connectivity index (χ1v) is 6.21. The molecule has 0 saturated heterocycles. The lowest BCUT2D eigenvalue weighted by molar-refractivity contribution is 0.226. The van der Waals surface area contributed by atoms with E-state index in [0.717, 1.165) is 11.6 Å². The quantitative estimate of drug-likeness (QED) is 0.451. The van der Waals surface area contributed by atoms with Gasteiger partial charge in [-0.05, 0) is 12.8 Å². The first-order chi connectivity index (χ1) is 8.47. The van der Waals surface area contributed by atoms with Crippen LogP contribution < -0.4 is 16.6 Å². The van der Waals surface area contributed by atoms with E-state index in [0.29, 0.717) is 5.82 Å². The third-order valence-corrected chi connectivity index (χ3v) is 2.92. The van der Waals surface area contributed by atoms with Crippen LogP contribution in [0.3, 0.4) is 0 Å². The van der Waals surface area contributed by atoms with Crippen molar-refractivity contribution in [1.29, 1.82) is 0 Å². The van der Waals surface area contributed by atoms with E-state index >= 15 is 0 Å². The van der Waals surface area contributed by atoms with Gasteiger partial charge in [0.15, 0.2) is 0 Å². The zero-order valence-corrected chi connectivity index (χ0v) is 11.4. The number of nitrogens with zero attached hydrogens (tertiary/aromatic N) is 2. The van der Waals surface area contributed by atoms with Gasteiger partial charge in [0.05, 0.1) is 0 Å². The topological polar surface area (TPSA) is 96.1 Å². The largest absolute Gasteiger partial charge is 0.396 e. The Bertz CT molecular complexity index is 383. The van der Waals surface area contributed by atoms with Crippen LogP contribution in [0.5, 0.6) is 0 Å². The van der Waals surface area contributed by atoms with Crippen LogP contribution in [0.4, 0.5) is 11.6 Å². The van der Waals surface area contributed by atoms with Crippen LogP contribution in [0.15, 0.2) is 6.07 Å². The summed E-state index contributed by atoms with van der Waals surface area (Å²) in [6.45, 7) is 8.18. The zero-order chi connectivity index (χ0) is 13.7. The highest BCUT2D eigenvalue weighted by Gasteiger charge is 2.13. The summed E-state index contributed by atoms with van der Waals surface area (Å²) in [6.07, 6.45) is 0. The molecule has 1 rings (SSSR count). The minimum absolute atomic E-state index is 0.121. The Labute approximate surface area is 108 Å². The van der Waals surface area contributed by atoms with Gasteiger partial charge in [0.1, 0.15) is 17.5 Å². The molecule has 0 aliphatic carbocycles. The number of nitrogens with two attached hydrogens (primary N) is 1. The first-order valence-electron chi connectivity index (χ1n) is 6.21. The molecule has 0 fully saturated rings. The molecule has 18 heavy (non-hydrogen) atoms. The third kappa shape index (κ3) is 3.82. The molecule has 6 nitrogen and oxygen atoms in total. The van der Waals surface area contributed by atoms with Gasteiger partial charge in [-0.15, -0.1) is 0 Å². The molecular weight excluding hydrogens is 230 g/mol. The van der Waals surface area contributed by atoms with Crippen molar-refractivity contribution in [2.75, 3.05) is 17.3 Å². The number of aliphatic hydroxyl groups is 1. The molecule has 2 atom stereocenters. The number of aromatic nitrogens is 2. The lowest BCUT2D eigenvalue weighted by atomic mass is 10.1. The van der Waals surface area contributed by atoms with Crippen molar-refractivity contribution in [3.63, 3.8) is 0 Å². The van der Waals surface area contributed by atoms with E-state index < -0.39 is 0 Å². The third-order valence-electron chi connectivity index (χ3n) is 2.92. The Morgan fingerprint density at radius 1 is 1.22 bits per heavy atom. The Hall–Kier alpha value is -1.40. The molecule has 0 radical (unpaired) electrons. The zero-order valence-electron chi connectivity index (χ0n) is 11.4. The molecule has 0 aliphatic heterocycles. The maximum Gasteiger partial charge on any atom is 0.145 e. The fraction of sp³-hybridized carbons (Fsp3) is 0.667. The number of hydrogen-bond donors (Lipinski definition) is 4. The number of aliphatic hydroxyl groups excluding tert-OH is 1. The molecule has 0 aliphatic rings. The molecule has 5 N–H and O–H groups in total. The van der Waals surface area contributed by atoms with Crippen molar-refractivity contribution in [3.05, 3.63) is 11.9 Å². The Morgan fingerprint density at radius 2 is 1.83 bits per heavy atom. The molecule has 0 spiro atoms. The molecule has 2 unspecified atom stereocenters. The van der Waals surface area contributed by atoms with Crippen molar-refractivity contribution in [1.82, 2.24) is 9.97 Å². The summed E-state index contributed by atoms with van der Waals surface area (Å²) < 4.78 is 0. The van der Waals surface area contributed by atoms with Gasteiger partial charge < -0.3 is 15.8 Å². The van der Waals surface area contributed by atoms with Gasteiger partial charge in [-0.25, -0.2) is 15.8 Å². The fourth-order valence-electron chi connectivity index (χ4n) is 1.41. The van der Waals surface area contributed by atoms with Crippen LogP contribution in [-0.4, -0.2) is 27.7 Å². The van der Waals surface area contributed by atoms with Crippen molar-refractivity contribution in [2.45, 2.75) is 39.7 Å². The number of nitrogens with one attached hydrogen (secondary N) is 2. The molecule has 0 bridgehead atoms. The first kappa shape index (κ1) is 14.7. The second-order valence-electron chi connectivity index (χ2n) is 4.89. The van der Waals surface area contributed by atoms with E-state index in [1.54, 1.807) is 6.07 Å². The number of hydrogen-bond acceptors (Lipinski definition) is 6. The van der Waals surface area contributed by atoms with Gasteiger partial charge in [0.2, 0.25) is 0 Å². The maximum atomic E-state index is 9.12. The van der Waals surface area contributed by atoms with Crippen LogP contribution in [0, 0.1) is 5.92 Å². The van der Waals surface area contributed by atoms with E-state index in [1.165, 1.54) is 0 Å². The smallest absolute Gasteiger partial charge is 0.145 e. The Morgan fingerprint density at radius 3 is 2.33 bits per heavy atom. The highest BCUT2D eigenvalue weighted by atomic mass is 16.3. The van der Waals surface area contributed by atoms with E-state index in [2.05, 4.69) is 20.7 Å². The standard InChI is InChI=1S/C12H23N5O/c1-7(2)12-15-10(5-11(16-12)17-13)14-9(4)8(3)6-18/h5,7-9,18H,6,13H2,1-4H3,(H2,14,15,16,17). The van der Waals surface area contributed by atoms with Crippen LogP contribution >= 0.6 is 0 Å². The van der Waals surface area contributed by atoms with Gasteiger partial charge in [-0.3, -0.25) is 0 Å². The van der Waals surface area contributed by atoms with Crippen molar-refractivity contribution in [2.24, 2.45) is 11.8 Å². The molecule has 1 aromatic rings. The number of anilines is 2. The average Bonchev–Trinajstić information content (AvgIpc) is 2.36. The minimum Gasteiger partial charge on any atom is -0.396 e. The van der Waals surface area contributed by atoms with Crippen LogP contribution in [0.2, 0.25) is 0 Å². The molecule has 0 aromatic carbocycles. The molecular formula is C12H23N5O. The number of nitrogen functional groups attached to an aromatic ring is 1. The average molecular weight is 253 g/mol. The van der Waals surface area contributed by atoms with Gasteiger partial charge in [0.25, 0.3) is 0 Å². The highest BCUT2D eigenvalue weighted by molar-refractivity contribution is 5.47. The molecule has 0 saturated carbocycles. The van der Waals surface area contributed by atoms with Gasteiger partial charge in [0, 0.05) is 24.6 Å². The van der Waals surface area contributed by atoms with E-state index in [-0.39, 0.29) is 24.5 Å². The highest BCUT2D eigenvalue weighted by Crippen LogP contribution is 2.18. The summed E-state index contributed by atoms with van der Waals surface area (Å²) in [5, 5.41) is 12.4. The van der Waals surface area contributed by atoms with Crippen LogP contribution in [-0.2, 0) is 0 Å². The maximum absolute atomic E-state index is 9.12. The van der Waals surface area contributed by atoms with Crippen molar-refractivity contribution < 1.29 is 5.11 Å². The second-order valence-corrected chi connectivity index (χ2v) is 4.89. The molecule has 6 heteroatoms.